The van der Waals surface area contributed by atoms with Crippen molar-refractivity contribution in [1.82, 2.24) is 9.78 Å². The highest BCUT2D eigenvalue weighted by atomic mass is 35.5. The van der Waals surface area contributed by atoms with Gasteiger partial charge < -0.3 is 8.92 Å². The third-order valence-electron chi connectivity index (χ3n) is 4.59. The minimum Gasteiger partial charge on any atom is -0.494 e. The Kier molecular flexibility index (Phi) is 5.22. The minimum absolute atomic E-state index is 0.183. The van der Waals surface area contributed by atoms with Crippen molar-refractivity contribution in [2.75, 3.05) is 7.11 Å². The number of halogens is 4. The molecule has 0 aliphatic heterocycles. The van der Waals surface area contributed by atoms with Crippen molar-refractivity contribution < 1.29 is 30.5 Å². The molecule has 1 heterocycles. The van der Waals surface area contributed by atoms with Crippen LogP contribution >= 0.6 is 11.6 Å². The molecular formula is C20H14ClF3N2O4S. The van der Waals surface area contributed by atoms with Crippen molar-refractivity contribution in [3.63, 3.8) is 0 Å². The van der Waals surface area contributed by atoms with Gasteiger partial charge in [0.15, 0.2) is 0 Å². The van der Waals surface area contributed by atoms with E-state index in [0.29, 0.717) is 39.0 Å². The fourth-order valence-corrected chi connectivity index (χ4v) is 3.87. The zero-order chi connectivity index (χ0) is 22.4. The van der Waals surface area contributed by atoms with E-state index in [2.05, 4.69) is 9.28 Å². The first-order valence-corrected chi connectivity index (χ1v) is 10.6. The van der Waals surface area contributed by atoms with Crippen molar-refractivity contribution in [2.45, 2.75) is 11.9 Å². The standard InChI is InChI=1S/C20H14ClF3N2O4S/c1-29-18-5-3-2-4-17(18)26-19(12-6-8-13(21)9-7-12)15-10-14(11-16(15)25-26)30-31(27,28)20(22,23)24/h2-9,11H,10H2,1H3. The van der Waals surface area contributed by atoms with Crippen LogP contribution in [-0.4, -0.2) is 30.8 Å². The summed E-state index contributed by atoms with van der Waals surface area (Å²) in [5.41, 5.74) is -2.88. The van der Waals surface area contributed by atoms with Crippen LogP contribution in [0.5, 0.6) is 5.75 Å². The zero-order valence-electron chi connectivity index (χ0n) is 15.9. The monoisotopic (exact) mass is 470 g/mol. The maximum absolute atomic E-state index is 12.7. The Hall–Kier alpha value is -2.98. The van der Waals surface area contributed by atoms with Crippen LogP contribution in [0.3, 0.4) is 0 Å². The highest BCUT2D eigenvalue weighted by molar-refractivity contribution is 7.87. The van der Waals surface area contributed by atoms with Crippen molar-refractivity contribution in [2.24, 2.45) is 0 Å². The Balaban J connectivity index is 1.84. The molecule has 1 aliphatic rings. The number of ether oxygens (including phenoxy) is 1. The van der Waals surface area contributed by atoms with E-state index in [4.69, 9.17) is 16.3 Å². The van der Waals surface area contributed by atoms with Crippen LogP contribution in [0.4, 0.5) is 13.2 Å². The molecule has 6 nitrogen and oxygen atoms in total. The number of para-hydroxylation sites is 2. The molecule has 0 atom stereocenters. The molecule has 162 valence electrons. The molecule has 0 unspecified atom stereocenters. The molecule has 0 N–H and O–H groups in total. The first-order chi connectivity index (χ1) is 14.6. The van der Waals surface area contributed by atoms with Gasteiger partial charge in [0.2, 0.25) is 0 Å². The lowest BCUT2D eigenvalue weighted by molar-refractivity contribution is -0.0522. The van der Waals surface area contributed by atoms with Gasteiger partial charge in [0, 0.05) is 28.6 Å². The Morgan fingerprint density at radius 3 is 2.42 bits per heavy atom. The van der Waals surface area contributed by atoms with Crippen molar-refractivity contribution in [3.05, 3.63) is 70.6 Å². The van der Waals surface area contributed by atoms with Crippen molar-refractivity contribution >= 4 is 27.8 Å². The largest absolute Gasteiger partial charge is 0.534 e. The summed E-state index contributed by atoms with van der Waals surface area (Å²) in [7, 11) is -4.27. The predicted octanol–water partition coefficient (Wildman–Crippen LogP) is 4.96. The molecule has 0 radical (unpaired) electrons. The van der Waals surface area contributed by atoms with E-state index in [9.17, 15) is 21.6 Å². The van der Waals surface area contributed by atoms with Crippen LogP contribution in [-0.2, 0) is 20.7 Å². The third kappa shape index (κ3) is 3.88. The fraction of sp³-hybridized carbons (Fsp3) is 0.150. The average molecular weight is 471 g/mol. The molecule has 1 aromatic heterocycles. The van der Waals surface area contributed by atoms with Crippen LogP contribution in [0, 0.1) is 0 Å². The number of alkyl halides is 3. The lowest BCUT2D eigenvalue weighted by atomic mass is 10.1. The molecule has 0 saturated carbocycles. The SMILES string of the molecule is COc1ccccc1-n1nc2c(c1-c1ccc(Cl)cc1)CC(OS(=O)(=O)C(F)(F)F)=C2. The summed E-state index contributed by atoms with van der Waals surface area (Å²) in [6, 6.07) is 13.9. The van der Waals surface area contributed by atoms with Gasteiger partial charge in [0.05, 0.1) is 18.5 Å². The second kappa shape index (κ2) is 7.61. The van der Waals surface area contributed by atoms with Crippen LogP contribution in [0.2, 0.25) is 5.02 Å². The molecule has 0 fully saturated rings. The minimum atomic E-state index is -5.77. The maximum atomic E-state index is 12.7. The Labute approximate surface area is 180 Å². The first kappa shape index (κ1) is 21.3. The number of fused-ring (bicyclic) bond motifs is 1. The second-order valence-corrected chi connectivity index (χ2v) is 8.55. The summed E-state index contributed by atoms with van der Waals surface area (Å²) in [4.78, 5) is 0. The number of hydrogen-bond acceptors (Lipinski definition) is 5. The van der Waals surface area contributed by atoms with Gasteiger partial charge in [-0.2, -0.15) is 26.7 Å². The van der Waals surface area contributed by atoms with E-state index >= 15 is 0 Å². The van der Waals surface area contributed by atoms with Gasteiger partial charge in [-0.05, 0) is 24.3 Å². The maximum Gasteiger partial charge on any atom is 0.534 e. The molecular weight excluding hydrogens is 457 g/mol. The van der Waals surface area contributed by atoms with E-state index in [0.717, 1.165) is 0 Å². The summed E-state index contributed by atoms with van der Waals surface area (Å²) in [6.07, 6.45) is 1.00. The molecule has 0 amide bonds. The Bertz CT molecular complexity index is 1280. The lowest BCUT2D eigenvalue weighted by Crippen LogP contribution is -2.25. The highest BCUT2D eigenvalue weighted by Crippen LogP contribution is 2.39. The van der Waals surface area contributed by atoms with Crippen LogP contribution in [0.1, 0.15) is 11.3 Å². The van der Waals surface area contributed by atoms with E-state index in [-0.39, 0.29) is 12.2 Å². The van der Waals surface area contributed by atoms with Crippen LogP contribution in [0.25, 0.3) is 23.0 Å². The molecule has 11 heteroatoms. The summed E-state index contributed by atoms with van der Waals surface area (Å²) >= 11 is 5.99. The van der Waals surface area contributed by atoms with Gasteiger partial charge >= 0.3 is 15.6 Å². The number of hydrogen-bond donors (Lipinski definition) is 0. The highest BCUT2D eigenvalue weighted by Gasteiger charge is 2.49. The quantitative estimate of drug-likeness (QED) is 0.389. The summed E-state index contributed by atoms with van der Waals surface area (Å²) in [6.45, 7) is 0. The van der Waals surface area contributed by atoms with Crippen molar-refractivity contribution in [3.8, 4) is 22.7 Å². The first-order valence-electron chi connectivity index (χ1n) is 8.83. The van der Waals surface area contributed by atoms with Gasteiger partial charge in [-0.25, -0.2) is 4.68 Å². The smallest absolute Gasteiger partial charge is 0.494 e. The predicted molar refractivity (Wildman–Crippen MR) is 108 cm³/mol. The summed E-state index contributed by atoms with van der Waals surface area (Å²) in [5.74, 6) is 0.163. The molecule has 1 aliphatic carbocycles. The second-order valence-electron chi connectivity index (χ2n) is 6.57. The van der Waals surface area contributed by atoms with Gasteiger partial charge in [-0.1, -0.05) is 35.9 Å². The average Bonchev–Trinajstić information content (AvgIpc) is 3.24. The molecule has 4 rings (SSSR count). The molecule has 31 heavy (non-hydrogen) atoms. The number of nitrogens with zero attached hydrogens (tertiary/aromatic N) is 2. The topological polar surface area (TPSA) is 70.4 Å². The number of methoxy groups -OCH3 is 1. The van der Waals surface area contributed by atoms with E-state index in [1.807, 2.05) is 0 Å². The molecule has 0 saturated heterocycles. The molecule has 2 aromatic carbocycles. The van der Waals surface area contributed by atoms with Gasteiger partial charge in [0.1, 0.15) is 17.2 Å². The van der Waals surface area contributed by atoms with E-state index in [1.165, 1.54) is 13.2 Å². The van der Waals surface area contributed by atoms with Crippen LogP contribution < -0.4 is 4.74 Å². The lowest BCUT2D eigenvalue weighted by Gasteiger charge is -2.14. The van der Waals surface area contributed by atoms with E-state index in [1.54, 1.807) is 53.2 Å². The number of aromatic nitrogens is 2. The Morgan fingerprint density at radius 2 is 1.77 bits per heavy atom. The molecule has 3 aromatic rings. The number of allylic oxidation sites excluding steroid dienone is 1. The molecule has 0 bridgehead atoms. The van der Waals surface area contributed by atoms with Gasteiger partial charge in [-0.15, -0.1) is 0 Å². The van der Waals surface area contributed by atoms with Crippen molar-refractivity contribution in [1.29, 1.82) is 0 Å². The van der Waals surface area contributed by atoms with Crippen LogP contribution in [0.15, 0.2) is 54.3 Å². The number of benzene rings is 2. The van der Waals surface area contributed by atoms with Gasteiger partial charge in [-0.3, -0.25) is 0 Å². The summed E-state index contributed by atoms with van der Waals surface area (Å²) < 4.78 is 72.2. The zero-order valence-corrected chi connectivity index (χ0v) is 17.4. The Morgan fingerprint density at radius 1 is 1.10 bits per heavy atom. The third-order valence-corrected chi connectivity index (χ3v) is 5.85. The molecule has 0 spiro atoms. The fourth-order valence-electron chi connectivity index (χ4n) is 3.26. The summed E-state index contributed by atoms with van der Waals surface area (Å²) in [5, 5.41) is 4.98. The normalized spacial score (nSPS) is 13.6. The van der Waals surface area contributed by atoms with E-state index < -0.39 is 15.6 Å². The van der Waals surface area contributed by atoms with Gasteiger partial charge in [0.25, 0.3) is 0 Å². The number of rotatable bonds is 5.